The summed E-state index contributed by atoms with van der Waals surface area (Å²) in [4.78, 5) is 23.2. The minimum atomic E-state index is -0.915. The van der Waals surface area contributed by atoms with Crippen LogP contribution in [0.1, 0.15) is 77.0 Å². The molecule has 0 radical (unpaired) electrons. The Hall–Kier alpha value is -1.06. The number of carbonyl (C=O) groups is 2. The lowest BCUT2D eigenvalue weighted by atomic mass is 9.56. The van der Waals surface area contributed by atoms with Gasteiger partial charge in [0.15, 0.2) is 0 Å². The second-order valence-corrected chi connectivity index (χ2v) is 9.21. The van der Waals surface area contributed by atoms with Crippen LogP contribution in [0.2, 0.25) is 0 Å². The van der Waals surface area contributed by atoms with Gasteiger partial charge in [-0.25, -0.2) is 0 Å². The number of carbonyl (C=O) groups excluding carboxylic acids is 1. The highest BCUT2D eigenvalue weighted by molar-refractivity contribution is 5.76. The number of aliphatic carboxylic acids is 1. The van der Waals surface area contributed by atoms with Crippen molar-refractivity contribution < 1.29 is 19.4 Å². The molecular weight excluding hydrogens is 316 g/mol. The van der Waals surface area contributed by atoms with E-state index in [2.05, 4.69) is 0 Å². The van der Waals surface area contributed by atoms with E-state index in [0.29, 0.717) is 11.8 Å². The molecule has 6 fully saturated rings. The van der Waals surface area contributed by atoms with Crippen LogP contribution in [0.15, 0.2) is 0 Å². The zero-order valence-corrected chi connectivity index (χ0v) is 15.2. The number of hydrogen-bond donors (Lipinski definition) is 1. The van der Waals surface area contributed by atoms with E-state index >= 15 is 0 Å². The Morgan fingerprint density at radius 2 is 1.28 bits per heavy atom. The van der Waals surface area contributed by atoms with Gasteiger partial charge in [-0.05, 0) is 74.0 Å². The van der Waals surface area contributed by atoms with Crippen molar-refractivity contribution in [3.8, 4) is 0 Å². The van der Waals surface area contributed by atoms with E-state index in [-0.39, 0.29) is 24.9 Å². The van der Waals surface area contributed by atoms with Crippen LogP contribution < -0.4 is 0 Å². The molecule has 0 heterocycles. The Morgan fingerprint density at radius 1 is 0.800 bits per heavy atom. The topological polar surface area (TPSA) is 63.6 Å². The van der Waals surface area contributed by atoms with Gasteiger partial charge in [0.25, 0.3) is 0 Å². The molecule has 2 atom stereocenters. The fourth-order valence-electron chi connectivity index (χ4n) is 6.58. The molecule has 0 aromatic carbocycles. The monoisotopic (exact) mass is 348 g/mol. The summed E-state index contributed by atoms with van der Waals surface area (Å²) in [7, 11) is 0. The van der Waals surface area contributed by atoms with Crippen molar-refractivity contribution in [3.63, 3.8) is 0 Å². The molecule has 6 aliphatic carbocycles. The molecule has 0 aliphatic heterocycles. The minimum absolute atomic E-state index is 0.0213. The first-order chi connectivity index (χ1) is 12.1. The fourth-order valence-corrected chi connectivity index (χ4v) is 6.58. The summed E-state index contributed by atoms with van der Waals surface area (Å²) in [6, 6.07) is 0. The van der Waals surface area contributed by atoms with Gasteiger partial charge in [0, 0.05) is 0 Å². The third-order valence-electron chi connectivity index (χ3n) is 7.86. The molecule has 0 spiro atoms. The second kappa shape index (κ2) is 7.28. The quantitative estimate of drug-likeness (QED) is 0.722. The van der Waals surface area contributed by atoms with Crippen LogP contribution in [-0.4, -0.2) is 23.1 Å². The highest BCUT2D eigenvalue weighted by Crippen LogP contribution is 2.53. The van der Waals surface area contributed by atoms with E-state index < -0.39 is 5.97 Å². The van der Waals surface area contributed by atoms with E-state index in [1.54, 1.807) is 0 Å². The van der Waals surface area contributed by atoms with Gasteiger partial charge < -0.3 is 9.84 Å². The SMILES string of the molecule is O=C(O)CCC(=O)OC(C1CC2CCC1CC2)C1CC2CCC1CC2. The first-order valence-corrected chi connectivity index (χ1v) is 10.5. The summed E-state index contributed by atoms with van der Waals surface area (Å²) in [6.45, 7) is 0. The van der Waals surface area contributed by atoms with Gasteiger partial charge in [0.05, 0.1) is 12.8 Å². The Labute approximate surface area is 150 Å². The molecule has 6 rings (SSSR count). The summed E-state index contributed by atoms with van der Waals surface area (Å²) < 4.78 is 6.08. The maximum absolute atomic E-state index is 12.4. The predicted molar refractivity (Wildman–Crippen MR) is 93.9 cm³/mol. The predicted octanol–water partition coefficient (Wildman–Crippen LogP) is 4.42. The summed E-state index contributed by atoms with van der Waals surface area (Å²) in [5.74, 6) is 2.98. The third kappa shape index (κ3) is 3.73. The highest BCUT2D eigenvalue weighted by Gasteiger charge is 2.48. The fraction of sp³-hybridized carbons (Fsp3) is 0.905. The average Bonchev–Trinajstić information content (AvgIpc) is 2.66. The zero-order valence-electron chi connectivity index (χ0n) is 15.2. The van der Waals surface area contributed by atoms with Crippen LogP contribution in [0.3, 0.4) is 0 Å². The maximum Gasteiger partial charge on any atom is 0.306 e. The van der Waals surface area contributed by atoms with Crippen molar-refractivity contribution >= 4 is 11.9 Å². The zero-order chi connectivity index (χ0) is 17.4. The molecule has 4 heteroatoms. The van der Waals surface area contributed by atoms with Crippen LogP contribution in [0.4, 0.5) is 0 Å². The van der Waals surface area contributed by atoms with Gasteiger partial charge in [-0.1, -0.05) is 25.7 Å². The molecule has 0 amide bonds. The Morgan fingerprint density at radius 3 is 1.64 bits per heavy atom. The number of rotatable bonds is 6. The molecule has 0 aromatic rings. The Kier molecular flexibility index (Phi) is 5.06. The van der Waals surface area contributed by atoms with Crippen molar-refractivity contribution in [2.45, 2.75) is 83.2 Å². The number of fused-ring (bicyclic) bond motifs is 6. The summed E-state index contributed by atoms with van der Waals surface area (Å²) in [5.41, 5.74) is 0. The Bertz CT molecular complexity index is 470. The number of ether oxygens (including phenoxy) is 1. The first-order valence-electron chi connectivity index (χ1n) is 10.5. The molecule has 2 unspecified atom stereocenters. The summed E-state index contributed by atoms with van der Waals surface area (Å²) >= 11 is 0. The maximum atomic E-state index is 12.4. The molecule has 4 bridgehead atoms. The Balaban J connectivity index is 1.49. The van der Waals surface area contributed by atoms with Crippen LogP contribution in [0.5, 0.6) is 0 Å². The lowest BCUT2D eigenvalue weighted by Crippen LogP contribution is -2.48. The van der Waals surface area contributed by atoms with E-state index in [4.69, 9.17) is 9.84 Å². The van der Waals surface area contributed by atoms with Gasteiger partial charge in [-0.3, -0.25) is 9.59 Å². The number of hydrogen-bond acceptors (Lipinski definition) is 3. The molecule has 1 N–H and O–H groups in total. The van der Waals surface area contributed by atoms with E-state index in [1.807, 2.05) is 0 Å². The van der Waals surface area contributed by atoms with Gasteiger partial charge in [-0.15, -0.1) is 0 Å². The normalized spacial score (nSPS) is 40.6. The van der Waals surface area contributed by atoms with Crippen LogP contribution >= 0.6 is 0 Å². The molecule has 0 aromatic heterocycles. The molecular formula is C21H32O4. The number of esters is 1. The van der Waals surface area contributed by atoms with Crippen LogP contribution in [0, 0.1) is 35.5 Å². The van der Waals surface area contributed by atoms with Crippen LogP contribution in [-0.2, 0) is 14.3 Å². The number of carboxylic acid groups (broad SMARTS) is 1. The van der Waals surface area contributed by atoms with E-state index in [9.17, 15) is 9.59 Å². The molecule has 25 heavy (non-hydrogen) atoms. The molecule has 0 saturated heterocycles. The van der Waals surface area contributed by atoms with Crippen LogP contribution in [0.25, 0.3) is 0 Å². The lowest BCUT2D eigenvalue weighted by Gasteiger charge is -2.51. The molecule has 140 valence electrons. The highest BCUT2D eigenvalue weighted by atomic mass is 16.5. The third-order valence-corrected chi connectivity index (χ3v) is 7.86. The van der Waals surface area contributed by atoms with Crippen molar-refractivity contribution in [3.05, 3.63) is 0 Å². The molecule has 6 saturated carbocycles. The summed E-state index contributed by atoms with van der Waals surface area (Å²) in [6.07, 6.45) is 13.1. The standard InChI is InChI=1S/C21H32O4/c22-19(23)9-10-20(24)25-21(17-11-13-1-5-15(17)6-2-13)18-12-14-3-7-16(18)8-4-14/h13-18,21H,1-12H2,(H,22,23). The smallest absolute Gasteiger partial charge is 0.306 e. The van der Waals surface area contributed by atoms with Gasteiger partial charge in [-0.2, -0.15) is 0 Å². The molecule has 6 aliphatic rings. The lowest BCUT2D eigenvalue weighted by molar-refractivity contribution is -0.168. The molecule has 4 nitrogen and oxygen atoms in total. The van der Waals surface area contributed by atoms with Gasteiger partial charge in [0.1, 0.15) is 6.10 Å². The van der Waals surface area contributed by atoms with Gasteiger partial charge in [0.2, 0.25) is 0 Å². The minimum Gasteiger partial charge on any atom is -0.481 e. The largest absolute Gasteiger partial charge is 0.481 e. The van der Waals surface area contributed by atoms with E-state index in [0.717, 1.165) is 23.7 Å². The van der Waals surface area contributed by atoms with Crippen molar-refractivity contribution in [2.24, 2.45) is 35.5 Å². The number of carboxylic acids is 1. The van der Waals surface area contributed by atoms with E-state index in [1.165, 1.54) is 64.2 Å². The average molecular weight is 348 g/mol. The summed E-state index contributed by atoms with van der Waals surface area (Å²) in [5, 5.41) is 8.86. The van der Waals surface area contributed by atoms with Crippen molar-refractivity contribution in [1.82, 2.24) is 0 Å². The first kappa shape index (κ1) is 17.4. The van der Waals surface area contributed by atoms with Gasteiger partial charge >= 0.3 is 11.9 Å². The second-order valence-electron chi connectivity index (χ2n) is 9.21. The van der Waals surface area contributed by atoms with Crippen molar-refractivity contribution in [1.29, 1.82) is 0 Å². The van der Waals surface area contributed by atoms with Crippen molar-refractivity contribution in [2.75, 3.05) is 0 Å².